The summed E-state index contributed by atoms with van der Waals surface area (Å²) in [7, 11) is 0.448. The van der Waals surface area contributed by atoms with E-state index in [4.69, 9.17) is 15.1 Å². The van der Waals surface area contributed by atoms with E-state index in [9.17, 15) is 5.11 Å². The average molecular weight is 327 g/mol. The zero-order valence-electron chi connectivity index (χ0n) is 15.1. The molecule has 0 aliphatic rings. The molecule has 0 aromatic carbocycles. The Hall–Kier alpha value is -0.628. The Morgan fingerprint density at radius 2 is 1.86 bits per heavy atom. The first kappa shape index (κ1) is 21.4. The Morgan fingerprint density at radius 3 is 2.32 bits per heavy atom. The summed E-state index contributed by atoms with van der Waals surface area (Å²) in [5.41, 5.74) is 4.47. The van der Waals surface area contributed by atoms with Crippen LogP contribution in [0, 0.1) is 0 Å². The van der Waals surface area contributed by atoms with Crippen LogP contribution in [0.15, 0.2) is 16.7 Å². The molecule has 0 aromatic heterocycles. The summed E-state index contributed by atoms with van der Waals surface area (Å²) in [6.45, 7) is 15.0. The maximum Gasteiger partial charge on any atom is 0.333 e. The molecule has 0 amide bonds. The van der Waals surface area contributed by atoms with Gasteiger partial charge in [0.05, 0.1) is 11.2 Å². The van der Waals surface area contributed by atoms with Gasteiger partial charge in [-0.2, -0.15) is 0 Å². The molecule has 0 aliphatic heterocycles. The molecule has 0 fully saturated rings. The van der Waals surface area contributed by atoms with Gasteiger partial charge in [-0.15, -0.1) is 0 Å². The zero-order chi connectivity index (χ0) is 17.4. The van der Waals surface area contributed by atoms with Crippen LogP contribution in [0.2, 0.25) is 25.7 Å². The van der Waals surface area contributed by atoms with E-state index in [0.29, 0.717) is 12.2 Å². The summed E-state index contributed by atoms with van der Waals surface area (Å²) in [4.78, 5) is 4.17. The lowest BCUT2D eigenvalue weighted by molar-refractivity contribution is -0.0895. The fourth-order valence-electron chi connectivity index (χ4n) is 1.11. The fraction of sp³-hybridized carbons (Fsp3) is 0.800. The summed E-state index contributed by atoms with van der Waals surface area (Å²) in [6, 6.07) is 1.12. The first-order valence-electron chi connectivity index (χ1n) is 7.62. The Labute approximate surface area is 137 Å². The van der Waals surface area contributed by atoms with Crippen LogP contribution < -0.4 is 5.73 Å². The smallest absolute Gasteiger partial charge is 0.333 e. The topological polar surface area (TPSA) is 77.1 Å². The van der Waals surface area contributed by atoms with Crippen molar-refractivity contribution < 1.29 is 14.5 Å². The van der Waals surface area contributed by atoms with Crippen LogP contribution >= 0.6 is 0 Å². The maximum absolute atomic E-state index is 10.0. The maximum atomic E-state index is 10.0. The van der Waals surface area contributed by atoms with Crippen molar-refractivity contribution >= 4 is 21.8 Å². The van der Waals surface area contributed by atoms with Crippen LogP contribution in [0.5, 0.6) is 0 Å². The van der Waals surface area contributed by atoms with Crippen molar-refractivity contribution in [2.24, 2.45) is 10.7 Å². The number of hydrogen-bond acceptors (Lipinski definition) is 5. The van der Waals surface area contributed by atoms with E-state index in [1.165, 1.54) is 13.7 Å². The van der Waals surface area contributed by atoms with Crippen molar-refractivity contribution in [2.45, 2.75) is 64.6 Å². The Balaban J connectivity index is 4.16. The predicted molar refractivity (Wildman–Crippen MR) is 97.0 cm³/mol. The Morgan fingerprint density at radius 1 is 1.27 bits per heavy atom. The molecule has 0 atom stereocenters. The van der Waals surface area contributed by atoms with Gasteiger partial charge in [-0.1, -0.05) is 19.6 Å². The van der Waals surface area contributed by atoms with Crippen LogP contribution in [-0.2, 0) is 9.39 Å². The number of aliphatic hydroxyl groups is 1. The van der Waals surface area contributed by atoms with Gasteiger partial charge in [0.2, 0.25) is 0 Å². The van der Waals surface area contributed by atoms with Gasteiger partial charge in [0.25, 0.3) is 0 Å². The average Bonchev–Trinajstić information content (AvgIpc) is 2.34. The molecule has 127 valence electrons. The van der Waals surface area contributed by atoms with Gasteiger partial charge < -0.3 is 20.2 Å². The minimum atomic E-state index is -1.06. The van der Waals surface area contributed by atoms with Crippen molar-refractivity contribution in [3.8, 4) is 0 Å². The predicted octanol–water partition coefficient (Wildman–Crippen LogP) is 2.35. The number of nitrogens with zero attached hydrogens (tertiary/aromatic N) is 1. The molecular weight excluding hydrogens is 295 g/mol. The second-order valence-electron chi connectivity index (χ2n) is 7.63. The molecule has 7 heteroatoms. The number of ether oxygens (including phenoxy) is 1. The van der Waals surface area contributed by atoms with Gasteiger partial charge in [-0.25, -0.2) is 0 Å². The molecule has 0 spiro atoms. The van der Waals surface area contributed by atoms with Crippen molar-refractivity contribution in [1.29, 1.82) is 0 Å². The highest BCUT2D eigenvalue weighted by atomic mass is 28.3. The molecule has 0 heterocycles. The number of allylic oxidation sites excluding steroid dienone is 1. The molecule has 0 unspecified atom stereocenters. The van der Waals surface area contributed by atoms with Crippen LogP contribution in [0.1, 0.15) is 27.7 Å². The number of rotatable bonds is 10. The summed E-state index contributed by atoms with van der Waals surface area (Å²) >= 11 is 0. The van der Waals surface area contributed by atoms with Gasteiger partial charge in [-0.05, 0) is 45.4 Å². The third-order valence-electron chi connectivity index (χ3n) is 3.56. The zero-order valence-corrected chi connectivity index (χ0v) is 16.1. The molecule has 0 saturated heterocycles. The van der Waals surface area contributed by atoms with Crippen LogP contribution in [-0.4, -0.2) is 51.4 Å². The quantitative estimate of drug-likeness (QED) is 0.367. The van der Waals surface area contributed by atoms with Crippen molar-refractivity contribution in [3.63, 3.8) is 0 Å². The summed E-state index contributed by atoms with van der Waals surface area (Å²) < 4.78 is 11.1. The van der Waals surface area contributed by atoms with E-state index in [0.717, 1.165) is 12.7 Å². The molecule has 0 bridgehead atoms. The van der Waals surface area contributed by atoms with Gasteiger partial charge >= 0.3 is 7.48 Å². The van der Waals surface area contributed by atoms with Crippen molar-refractivity contribution in [2.75, 3.05) is 13.3 Å². The highest BCUT2D eigenvalue weighted by molar-refractivity contribution is 6.76. The Bertz CT molecular complexity index is 385. The van der Waals surface area contributed by atoms with E-state index in [1.54, 1.807) is 20.1 Å². The van der Waals surface area contributed by atoms with E-state index in [1.807, 2.05) is 13.8 Å². The lowest BCUT2D eigenvalue weighted by Gasteiger charge is -2.37. The first-order valence-corrected chi connectivity index (χ1v) is 11.3. The largest absolute Gasteiger partial charge is 0.427 e. The molecule has 0 rings (SSSR count). The Kier molecular flexibility index (Phi) is 8.61. The van der Waals surface area contributed by atoms with E-state index in [2.05, 4.69) is 24.6 Å². The van der Waals surface area contributed by atoms with E-state index < -0.39 is 19.3 Å². The van der Waals surface area contributed by atoms with Crippen LogP contribution in [0.3, 0.4) is 0 Å². The van der Waals surface area contributed by atoms with Crippen molar-refractivity contribution in [3.05, 3.63) is 11.7 Å². The summed E-state index contributed by atoms with van der Waals surface area (Å²) in [6.07, 6.45) is 3.01. The minimum Gasteiger partial charge on any atom is -0.427 e. The SMILES string of the molecule is CC(C)(O)C(C)(C)O[B]C(C=NCOCC[Si](C)(C)C)=CN. The minimum absolute atomic E-state index is 0.310. The molecule has 0 aliphatic carbocycles. The fourth-order valence-corrected chi connectivity index (χ4v) is 1.87. The monoisotopic (exact) mass is 327 g/mol. The second-order valence-corrected chi connectivity index (χ2v) is 13.3. The lowest BCUT2D eigenvalue weighted by atomic mass is 9.83. The molecule has 5 nitrogen and oxygen atoms in total. The highest BCUT2D eigenvalue weighted by Gasteiger charge is 2.35. The van der Waals surface area contributed by atoms with E-state index >= 15 is 0 Å². The molecule has 22 heavy (non-hydrogen) atoms. The van der Waals surface area contributed by atoms with Gasteiger partial charge in [-0.3, -0.25) is 4.99 Å². The van der Waals surface area contributed by atoms with Gasteiger partial charge in [0.15, 0.2) is 0 Å². The molecule has 3 N–H and O–H groups in total. The number of nitrogens with two attached hydrogens (primary N) is 1. The lowest BCUT2D eigenvalue weighted by Crippen LogP contribution is -2.48. The second kappa shape index (κ2) is 8.86. The van der Waals surface area contributed by atoms with Crippen LogP contribution in [0.4, 0.5) is 0 Å². The normalized spacial score (nSPS) is 14.6. The first-order chi connectivity index (χ1) is 9.89. The summed E-state index contributed by atoms with van der Waals surface area (Å²) in [5.74, 6) is 0. The summed E-state index contributed by atoms with van der Waals surface area (Å²) in [5, 5.41) is 10.0. The van der Waals surface area contributed by atoms with Crippen LogP contribution in [0.25, 0.3) is 0 Å². The molecule has 0 aromatic rings. The third kappa shape index (κ3) is 9.40. The van der Waals surface area contributed by atoms with E-state index in [-0.39, 0.29) is 0 Å². The van der Waals surface area contributed by atoms with Gasteiger partial charge in [0, 0.05) is 20.9 Å². The van der Waals surface area contributed by atoms with Crippen molar-refractivity contribution in [1.82, 2.24) is 0 Å². The molecule has 0 saturated carbocycles. The molecular formula is C15H32BN2O3Si. The third-order valence-corrected chi connectivity index (χ3v) is 5.26. The highest BCUT2D eigenvalue weighted by Crippen LogP contribution is 2.24. The van der Waals surface area contributed by atoms with Gasteiger partial charge in [0.1, 0.15) is 6.73 Å². The number of aliphatic imine (C=N–C) groups is 1. The standard InChI is InChI=1S/C15H32BN2O3Si/c1-14(2,19)15(3,4)21-16-13(10-17)11-18-12-20-8-9-22(5,6)7/h10-11,19H,8-9,12,17H2,1-7H3. The molecule has 1 radical (unpaired) electrons. The number of hydrogen-bond donors (Lipinski definition) is 2.